The Morgan fingerprint density at radius 2 is 1.79 bits per heavy atom. The van der Waals surface area contributed by atoms with Crippen molar-refractivity contribution in [2.75, 3.05) is 27.2 Å². The second-order valence-corrected chi connectivity index (χ2v) is 6.06. The maximum Gasteiger partial charge on any atom is 0.258 e. The van der Waals surface area contributed by atoms with Gasteiger partial charge in [-0.1, -0.05) is 18.2 Å². The summed E-state index contributed by atoms with van der Waals surface area (Å²) in [5.74, 6) is 1.47. The van der Waals surface area contributed by atoms with E-state index in [1.165, 1.54) is 0 Å². The fraction of sp³-hybridized carbons (Fsp3) is 0.263. The van der Waals surface area contributed by atoms with Gasteiger partial charge in [-0.15, -0.1) is 0 Å². The minimum absolute atomic E-state index is 0.108. The first kappa shape index (κ1) is 16.2. The van der Waals surface area contributed by atoms with Gasteiger partial charge < -0.3 is 14.6 Å². The van der Waals surface area contributed by atoms with Crippen LogP contribution in [-0.2, 0) is 0 Å². The number of hydrogen-bond acceptors (Lipinski definition) is 4. The zero-order valence-electron chi connectivity index (χ0n) is 14.2. The quantitative estimate of drug-likeness (QED) is 0.784. The molecule has 2 aromatic carbocycles. The third-order valence-corrected chi connectivity index (χ3v) is 3.82. The highest BCUT2D eigenvalue weighted by molar-refractivity contribution is 5.83. The normalized spacial score (nSPS) is 11.2. The first-order valence-electron chi connectivity index (χ1n) is 7.91. The summed E-state index contributed by atoms with van der Waals surface area (Å²) in [5.41, 5.74) is 2.63. The van der Waals surface area contributed by atoms with E-state index < -0.39 is 0 Å². The standard InChI is InChI=1S/C19H21N3O2/c1-13-20-18-9-6-15(12-17(18)19(23)21-13)14-4-7-16(8-5-14)24-11-10-22(2)3/h4-9,12H,10-11H2,1-3H3,(H,20,21,23). The molecule has 5 heteroatoms. The molecule has 24 heavy (non-hydrogen) atoms. The number of hydrogen-bond donors (Lipinski definition) is 1. The zero-order chi connectivity index (χ0) is 17.1. The Hall–Kier alpha value is -2.66. The maximum atomic E-state index is 12.1. The Bertz CT molecular complexity index is 899. The largest absolute Gasteiger partial charge is 0.492 e. The van der Waals surface area contributed by atoms with Crippen molar-refractivity contribution < 1.29 is 4.74 Å². The molecule has 0 spiro atoms. The molecular weight excluding hydrogens is 302 g/mol. The maximum absolute atomic E-state index is 12.1. The highest BCUT2D eigenvalue weighted by atomic mass is 16.5. The van der Waals surface area contributed by atoms with Gasteiger partial charge in [-0.2, -0.15) is 0 Å². The topological polar surface area (TPSA) is 58.2 Å². The highest BCUT2D eigenvalue weighted by Gasteiger charge is 2.05. The molecule has 0 aliphatic carbocycles. The molecule has 3 rings (SSSR count). The number of rotatable bonds is 5. The van der Waals surface area contributed by atoms with E-state index in [0.717, 1.165) is 23.4 Å². The van der Waals surface area contributed by atoms with Crippen LogP contribution < -0.4 is 10.3 Å². The molecule has 124 valence electrons. The highest BCUT2D eigenvalue weighted by Crippen LogP contribution is 2.24. The lowest BCUT2D eigenvalue weighted by Crippen LogP contribution is -2.19. The van der Waals surface area contributed by atoms with Crippen LogP contribution in [0.4, 0.5) is 0 Å². The van der Waals surface area contributed by atoms with E-state index in [9.17, 15) is 4.79 Å². The van der Waals surface area contributed by atoms with E-state index in [4.69, 9.17) is 4.74 Å². The Labute approximate surface area is 140 Å². The molecule has 0 aliphatic heterocycles. The van der Waals surface area contributed by atoms with Crippen LogP contribution in [0.5, 0.6) is 5.75 Å². The third kappa shape index (κ3) is 3.63. The van der Waals surface area contributed by atoms with Crippen molar-refractivity contribution in [3.05, 3.63) is 58.6 Å². The van der Waals surface area contributed by atoms with Crippen molar-refractivity contribution in [3.63, 3.8) is 0 Å². The fourth-order valence-corrected chi connectivity index (χ4v) is 2.52. The van der Waals surface area contributed by atoms with Crippen LogP contribution in [0.15, 0.2) is 47.3 Å². The smallest absolute Gasteiger partial charge is 0.258 e. The van der Waals surface area contributed by atoms with E-state index in [-0.39, 0.29) is 5.56 Å². The fourth-order valence-electron chi connectivity index (χ4n) is 2.52. The number of benzene rings is 2. The molecular formula is C19H21N3O2. The number of aromatic nitrogens is 2. The summed E-state index contributed by atoms with van der Waals surface area (Å²) in [6.45, 7) is 3.31. The van der Waals surface area contributed by atoms with Crippen LogP contribution in [0.1, 0.15) is 5.82 Å². The molecule has 1 aromatic heterocycles. The van der Waals surface area contributed by atoms with Crippen LogP contribution in [0.2, 0.25) is 0 Å². The first-order valence-corrected chi connectivity index (χ1v) is 7.91. The van der Waals surface area contributed by atoms with Crippen molar-refractivity contribution >= 4 is 10.9 Å². The second-order valence-electron chi connectivity index (χ2n) is 6.06. The number of ether oxygens (including phenoxy) is 1. The lowest BCUT2D eigenvalue weighted by molar-refractivity contribution is 0.261. The summed E-state index contributed by atoms with van der Waals surface area (Å²) in [4.78, 5) is 21.3. The number of aromatic amines is 1. The van der Waals surface area contributed by atoms with Gasteiger partial charge in [0, 0.05) is 6.54 Å². The number of nitrogens with one attached hydrogen (secondary N) is 1. The van der Waals surface area contributed by atoms with Crippen molar-refractivity contribution in [2.24, 2.45) is 0 Å². The summed E-state index contributed by atoms with van der Waals surface area (Å²) in [5, 5.41) is 0.601. The van der Waals surface area contributed by atoms with Gasteiger partial charge in [0.15, 0.2) is 0 Å². The van der Waals surface area contributed by atoms with Gasteiger partial charge in [0.2, 0.25) is 0 Å². The average Bonchev–Trinajstić information content (AvgIpc) is 2.55. The Kier molecular flexibility index (Phi) is 4.62. The minimum Gasteiger partial charge on any atom is -0.492 e. The summed E-state index contributed by atoms with van der Waals surface area (Å²) in [7, 11) is 4.04. The molecule has 1 N–H and O–H groups in total. The summed E-state index contributed by atoms with van der Waals surface area (Å²) in [6, 6.07) is 13.6. The molecule has 1 heterocycles. The molecule has 0 amide bonds. The molecule has 5 nitrogen and oxygen atoms in total. The van der Waals surface area contributed by atoms with Gasteiger partial charge in [-0.05, 0) is 56.4 Å². The van der Waals surface area contributed by atoms with Gasteiger partial charge in [-0.25, -0.2) is 4.98 Å². The Morgan fingerprint density at radius 3 is 2.50 bits per heavy atom. The van der Waals surface area contributed by atoms with Crippen LogP contribution in [0.25, 0.3) is 22.0 Å². The molecule has 0 saturated heterocycles. The monoisotopic (exact) mass is 323 g/mol. The van der Waals surface area contributed by atoms with E-state index >= 15 is 0 Å². The minimum atomic E-state index is -0.108. The molecule has 0 radical (unpaired) electrons. The number of likely N-dealkylation sites (N-methyl/N-ethyl adjacent to an activating group) is 1. The van der Waals surface area contributed by atoms with Crippen molar-refractivity contribution in [1.82, 2.24) is 14.9 Å². The molecule has 3 aromatic rings. The summed E-state index contributed by atoms with van der Waals surface area (Å²) >= 11 is 0. The number of H-pyrrole nitrogens is 1. The van der Waals surface area contributed by atoms with Crippen molar-refractivity contribution in [2.45, 2.75) is 6.92 Å². The molecule has 0 unspecified atom stereocenters. The number of aryl methyl sites for hydroxylation is 1. The summed E-state index contributed by atoms with van der Waals surface area (Å²) < 4.78 is 5.70. The Balaban J connectivity index is 1.84. The predicted octanol–water partition coefficient (Wildman–Crippen LogP) is 2.84. The second kappa shape index (κ2) is 6.84. The average molecular weight is 323 g/mol. The van der Waals surface area contributed by atoms with Crippen LogP contribution in [-0.4, -0.2) is 42.1 Å². The summed E-state index contributed by atoms with van der Waals surface area (Å²) in [6.07, 6.45) is 0. The third-order valence-electron chi connectivity index (χ3n) is 3.82. The van der Waals surface area contributed by atoms with E-state index in [2.05, 4.69) is 14.9 Å². The van der Waals surface area contributed by atoms with Crippen LogP contribution in [0, 0.1) is 6.92 Å². The molecule has 0 fully saturated rings. The number of fused-ring (bicyclic) bond motifs is 1. The van der Waals surface area contributed by atoms with Gasteiger partial charge in [-0.3, -0.25) is 4.79 Å². The molecule has 0 saturated carbocycles. The van der Waals surface area contributed by atoms with E-state index in [1.807, 2.05) is 56.6 Å². The van der Waals surface area contributed by atoms with Crippen LogP contribution in [0.3, 0.4) is 0 Å². The van der Waals surface area contributed by atoms with Crippen LogP contribution >= 0.6 is 0 Å². The molecule has 0 aliphatic rings. The van der Waals surface area contributed by atoms with E-state index in [1.54, 1.807) is 6.92 Å². The van der Waals surface area contributed by atoms with E-state index in [0.29, 0.717) is 23.3 Å². The predicted molar refractivity (Wildman–Crippen MR) is 96.6 cm³/mol. The molecule has 0 bridgehead atoms. The van der Waals surface area contributed by atoms with Gasteiger partial charge in [0.25, 0.3) is 5.56 Å². The van der Waals surface area contributed by atoms with Crippen molar-refractivity contribution in [3.8, 4) is 16.9 Å². The van der Waals surface area contributed by atoms with Gasteiger partial charge >= 0.3 is 0 Å². The van der Waals surface area contributed by atoms with Gasteiger partial charge in [0.05, 0.1) is 10.9 Å². The lowest BCUT2D eigenvalue weighted by atomic mass is 10.0. The zero-order valence-corrected chi connectivity index (χ0v) is 14.2. The first-order chi connectivity index (χ1) is 11.5. The Morgan fingerprint density at radius 1 is 1.08 bits per heavy atom. The van der Waals surface area contributed by atoms with Gasteiger partial charge in [0.1, 0.15) is 18.2 Å². The number of nitrogens with zero attached hydrogens (tertiary/aromatic N) is 2. The lowest BCUT2D eigenvalue weighted by Gasteiger charge is -2.11. The molecule has 0 atom stereocenters. The van der Waals surface area contributed by atoms with Crippen molar-refractivity contribution in [1.29, 1.82) is 0 Å². The SMILES string of the molecule is Cc1nc2ccc(-c3ccc(OCCN(C)C)cc3)cc2c(=O)[nH]1.